The molecule has 1 aromatic rings. The fourth-order valence-electron chi connectivity index (χ4n) is 1.99. The van der Waals surface area contributed by atoms with Crippen LogP contribution in [0.1, 0.15) is 31.4 Å². The molecule has 0 aliphatic carbocycles. The van der Waals surface area contributed by atoms with Crippen LogP contribution in [0.25, 0.3) is 0 Å². The summed E-state index contributed by atoms with van der Waals surface area (Å²) in [6.07, 6.45) is 4.21. The molecule has 1 aliphatic rings. The minimum absolute atomic E-state index is 0.368. The van der Waals surface area contributed by atoms with Gasteiger partial charge in [-0.05, 0) is 25.5 Å². The molecule has 4 heteroatoms. The molecule has 76 valence electrons. The van der Waals surface area contributed by atoms with E-state index in [2.05, 4.69) is 22.2 Å². The van der Waals surface area contributed by atoms with Crippen molar-refractivity contribution in [3.63, 3.8) is 0 Å². The van der Waals surface area contributed by atoms with Crippen molar-refractivity contribution in [3.05, 3.63) is 18.0 Å². The second-order valence-corrected chi connectivity index (χ2v) is 3.83. The summed E-state index contributed by atoms with van der Waals surface area (Å²) in [5.74, 6) is 0.787. The zero-order chi connectivity index (χ0) is 9.97. The fraction of sp³-hybridized carbons (Fsp3) is 0.600. The summed E-state index contributed by atoms with van der Waals surface area (Å²) in [4.78, 5) is 8.14. The van der Waals surface area contributed by atoms with Gasteiger partial charge >= 0.3 is 0 Å². The molecule has 0 amide bonds. The minimum Gasteiger partial charge on any atom is -0.368 e. The molecule has 4 nitrogen and oxygen atoms in total. The summed E-state index contributed by atoms with van der Waals surface area (Å²) in [6.45, 7) is 3.31. The second kappa shape index (κ2) is 3.92. The maximum atomic E-state index is 5.55. The summed E-state index contributed by atoms with van der Waals surface area (Å²) >= 11 is 0. The van der Waals surface area contributed by atoms with Crippen molar-refractivity contribution in [1.29, 1.82) is 0 Å². The topological polar surface area (TPSA) is 63.8 Å². The van der Waals surface area contributed by atoms with E-state index in [1.807, 2.05) is 6.07 Å². The first kappa shape index (κ1) is 9.40. The predicted octanol–water partition coefficient (Wildman–Crippen LogP) is 0.914. The lowest BCUT2D eigenvalue weighted by Gasteiger charge is -2.18. The maximum absolute atomic E-state index is 5.55. The van der Waals surface area contributed by atoms with Gasteiger partial charge in [-0.1, -0.05) is 6.92 Å². The molecule has 0 aromatic carbocycles. The van der Waals surface area contributed by atoms with Gasteiger partial charge in [0.25, 0.3) is 0 Å². The van der Waals surface area contributed by atoms with Crippen LogP contribution >= 0.6 is 0 Å². The highest BCUT2D eigenvalue weighted by Crippen LogP contribution is 2.23. The predicted molar refractivity (Wildman–Crippen MR) is 55.9 cm³/mol. The molecule has 0 radical (unpaired) electrons. The average molecular weight is 192 g/mol. The number of aromatic nitrogens is 2. The van der Waals surface area contributed by atoms with Crippen molar-refractivity contribution in [2.45, 2.75) is 31.7 Å². The van der Waals surface area contributed by atoms with E-state index in [0.29, 0.717) is 17.9 Å². The van der Waals surface area contributed by atoms with Gasteiger partial charge in [0, 0.05) is 18.2 Å². The minimum atomic E-state index is 0.368. The molecule has 1 saturated heterocycles. The van der Waals surface area contributed by atoms with E-state index in [1.165, 1.54) is 12.8 Å². The van der Waals surface area contributed by atoms with E-state index in [1.54, 1.807) is 6.20 Å². The van der Waals surface area contributed by atoms with Crippen LogP contribution in [-0.2, 0) is 0 Å². The van der Waals surface area contributed by atoms with Crippen molar-refractivity contribution in [1.82, 2.24) is 15.3 Å². The first-order valence-electron chi connectivity index (χ1n) is 5.09. The molecule has 1 aliphatic heterocycles. The van der Waals surface area contributed by atoms with Crippen molar-refractivity contribution in [2.75, 3.05) is 12.3 Å². The summed E-state index contributed by atoms with van der Waals surface area (Å²) in [6, 6.07) is 2.49. The highest BCUT2D eigenvalue weighted by Gasteiger charge is 2.23. The first-order valence-corrected chi connectivity index (χ1v) is 5.09. The van der Waals surface area contributed by atoms with Gasteiger partial charge in [0.05, 0.1) is 5.69 Å². The average Bonchev–Trinajstić information content (AvgIpc) is 2.69. The van der Waals surface area contributed by atoms with E-state index >= 15 is 0 Å². The zero-order valence-corrected chi connectivity index (χ0v) is 8.40. The molecule has 2 rings (SSSR count). The largest absolute Gasteiger partial charge is 0.368 e. The third-order valence-electron chi connectivity index (χ3n) is 2.86. The summed E-state index contributed by atoms with van der Waals surface area (Å²) < 4.78 is 0. The smallest absolute Gasteiger partial charge is 0.220 e. The molecule has 0 bridgehead atoms. The number of hydrogen-bond donors (Lipinski definition) is 2. The number of nitrogen functional groups attached to an aromatic ring is 1. The Bertz CT molecular complexity index is 307. The molecule has 3 N–H and O–H groups in total. The molecular weight excluding hydrogens is 176 g/mol. The van der Waals surface area contributed by atoms with Crippen LogP contribution in [-0.4, -0.2) is 22.6 Å². The van der Waals surface area contributed by atoms with Gasteiger partial charge in [0.15, 0.2) is 0 Å². The van der Waals surface area contributed by atoms with Gasteiger partial charge in [-0.25, -0.2) is 9.97 Å². The Labute approximate surface area is 83.9 Å². The quantitative estimate of drug-likeness (QED) is 0.731. The van der Waals surface area contributed by atoms with Gasteiger partial charge in [0.1, 0.15) is 0 Å². The summed E-state index contributed by atoms with van der Waals surface area (Å²) in [5, 5.41) is 3.47. The third kappa shape index (κ3) is 1.85. The molecule has 0 unspecified atom stereocenters. The van der Waals surface area contributed by atoms with Gasteiger partial charge in [0.2, 0.25) is 5.95 Å². The van der Waals surface area contributed by atoms with Gasteiger partial charge in [-0.15, -0.1) is 0 Å². The van der Waals surface area contributed by atoms with Crippen molar-refractivity contribution in [2.24, 2.45) is 0 Å². The molecule has 1 aromatic heterocycles. The van der Waals surface area contributed by atoms with Crippen molar-refractivity contribution < 1.29 is 0 Å². The monoisotopic (exact) mass is 192 g/mol. The Balaban J connectivity index is 2.13. The van der Waals surface area contributed by atoms with Crippen LogP contribution in [0, 0.1) is 0 Å². The summed E-state index contributed by atoms with van der Waals surface area (Å²) in [5.41, 5.74) is 6.59. The molecule has 2 atom stereocenters. The van der Waals surface area contributed by atoms with Gasteiger partial charge in [-0.3, -0.25) is 0 Å². The number of nitrogens with two attached hydrogens (primary N) is 1. The molecule has 0 spiro atoms. The number of hydrogen-bond acceptors (Lipinski definition) is 4. The first-order chi connectivity index (χ1) is 6.77. The number of anilines is 1. The van der Waals surface area contributed by atoms with E-state index in [4.69, 9.17) is 5.73 Å². The van der Waals surface area contributed by atoms with Crippen LogP contribution < -0.4 is 11.1 Å². The van der Waals surface area contributed by atoms with Crippen molar-refractivity contribution in [3.8, 4) is 0 Å². The van der Waals surface area contributed by atoms with Crippen molar-refractivity contribution >= 4 is 5.95 Å². The lowest BCUT2D eigenvalue weighted by atomic mass is 9.97. The van der Waals surface area contributed by atoms with Crippen LogP contribution in [0.5, 0.6) is 0 Å². The lowest BCUT2D eigenvalue weighted by molar-refractivity contribution is 0.508. The molecule has 14 heavy (non-hydrogen) atoms. The Morgan fingerprint density at radius 1 is 1.64 bits per heavy atom. The fourth-order valence-corrected chi connectivity index (χ4v) is 1.99. The second-order valence-electron chi connectivity index (χ2n) is 3.83. The molecule has 2 heterocycles. The summed E-state index contributed by atoms with van der Waals surface area (Å²) in [7, 11) is 0. The van der Waals surface area contributed by atoms with E-state index < -0.39 is 0 Å². The van der Waals surface area contributed by atoms with E-state index in [-0.39, 0.29) is 0 Å². The normalized spacial score (nSPS) is 23.6. The van der Waals surface area contributed by atoms with E-state index in [0.717, 1.165) is 12.2 Å². The molecular formula is C10H16N4. The maximum Gasteiger partial charge on any atom is 0.220 e. The number of nitrogens with zero attached hydrogens (tertiary/aromatic N) is 2. The standard InChI is InChI=1S/C10H16N4/c1-7(8-3-2-5-12-8)9-4-6-13-10(11)14-9/h4,6-8,12H,2-3,5H2,1H3,(H2,11,13,14)/t7-,8+/m1/s1. The van der Waals surface area contributed by atoms with Crippen LogP contribution in [0.15, 0.2) is 12.3 Å². The Morgan fingerprint density at radius 3 is 3.14 bits per heavy atom. The van der Waals surface area contributed by atoms with E-state index in [9.17, 15) is 0 Å². The highest BCUT2D eigenvalue weighted by molar-refractivity contribution is 5.20. The zero-order valence-electron chi connectivity index (χ0n) is 8.40. The third-order valence-corrected chi connectivity index (χ3v) is 2.86. The Hall–Kier alpha value is -1.16. The Kier molecular flexibility index (Phi) is 2.63. The molecule has 0 saturated carbocycles. The van der Waals surface area contributed by atoms with Crippen LogP contribution in [0.2, 0.25) is 0 Å². The van der Waals surface area contributed by atoms with Crippen LogP contribution in [0.3, 0.4) is 0 Å². The van der Waals surface area contributed by atoms with Gasteiger partial charge in [-0.2, -0.15) is 0 Å². The number of rotatable bonds is 2. The number of nitrogens with one attached hydrogen (secondary N) is 1. The van der Waals surface area contributed by atoms with Gasteiger partial charge < -0.3 is 11.1 Å². The Morgan fingerprint density at radius 2 is 2.50 bits per heavy atom. The SMILES string of the molecule is C[C@@H](c1ccnc(N)n1)[C@@H]1CCCN1. The highest BCUT2D eigenvalue weighted by atomic mass is 15.0. The lowest BCUT2D eigenvalue weighted by Crippen LogP contribution is -2.27. The molecule has 1 fully saturated rings. The van der Waals surface area contributed by atoms with Crippen LogP contribution in [0.4, 0.5) is 5.95 Å².